The van der Waals surface area contributed by atoms with E-state index in [2.05, 4.69) is 23.7 Å². The number of nitrogens with zero attached hydrogens (tertiary/aromatic N) is 2. The Labute approximate surface area is 97.7 Å². The maximum absolute atomic E-state index is 5.98. The molecule has 1 aliphatic heterocycles. The topological polar surface area (TPSA) is 42.2 Å². The van der Waals surface area contributed by atoms with Crippen LogP contribution < -0.4 is 10.6 Å². The van der Waals surface area contributed by atoms with Crippen molar-refractivity contribution in [2.24, 2.45) is 11.8 Å². The van der Waals surface area contributed by atoms with Crippen LogP contribution in [0.15, 0.2) is 18.5 Å². The summed E-state index contributed by atoms with van der Waals surface area (Å²) in [5, 5.41) is 0. The average Bonchev–Trinajstić information content (AvgIpc) is 2.28. The minimum atomic E-state index is 0.756. The molecule has 0 bridgehead atoms. The molecule has 0 amide bonds. The molecule has 16 heavy (non-hydrogen) atoms. The van der Waals surface area contributed by atoms with Crippen molar-refractivity contribution in [3.8, 4) is 0 Å². The predicted molar refractivity (Wildman–Crippen MR) is 68.4 cm³/mol. The van der Waals surface area contributed by atoms with Gasteiger partial charge in [-0.05, 0) is 24.3 Å². The zero-order chi connectivity index (χ0) is 11.5. The second-order valence-corrected chi connectivity index (χ2v) is 4.95. The second-order valence-electron chi connectivity index (χ2n) is 4.95. The third-order valence-electron chi connectivity index (χ3n) is 3.49. The van der Waals surface area contributed by atoms with Crippen LogP contribution >= 0.6 is 0 Å². The highest BCUT2D eigenvalue weighted by molar-refractivity contribution is 5.66. The SMILES string of the molecule is CCC1CC(C)CN(c2ccncc2N)C1. The van der Waals surface area contributed by atoms with Crippen LogP contribution in [0.3, 0.4) is 0 Å². The van der Waals surface area contributed by atoms with Gasteiger partial charge in [-0.1, -0.05) is 20.3 Å². The van der Waals surface area contributed by atoms with Crippen molar-refractivity contribution in [3.63, 3.8) is 0 Å². The van der Waals surface area contributed by atoms with Gasteiger partial charge in [0.1, 0.15) is 0 Å². The summed E-state index contributed by atoms with van der Waals surface area (Å²) in [6.45, 7) is 6.85. The van der Waals surface area contributed by atoms with Gasteiger partial charge in [-0.15, -0.1) is 0 Å². The highest BCUT2D eigenvalue weighted by Crippen LogP contribution is 2.30. The molecule has 0 saturated carbocycles. The van der Waals surface area contributed by atoms with Crippen LogP contribution in [-0.2, 0) is 0 Å². The third kappa shape index (κ3) is 2.29. The molecular formula is C13H21N3. The molecule has 0 radical (unpaired) electrons. The first-order valence-electron chi connectivity index (χ1n) is 6.15. The van der Waals surface area contributed by atoms with Crippen molar-refractivity contribution in [1.29, 1.82) is 0 Å². The van der Waals surface area contributed by atoms with Crippen molar-refractivity contribution in [1.82, 2.24) is 4.98 Å². The van der Waals surface area contributed by atoms with E-state index in [1.165, 1.54) is 12.8 Å². The molecule has 1 aromatic heterocycles. The highest BCUT2D eigenvalue weighted by Gasteiger charge is 2.24. The number of nitrogen functional groups attached to an aromatic ring is 1. The number of pyridine rings is 1. The summed E-state index contributed by atoms with van der Waals surface area (Å²) in [5.74, 6) is 1.56. The summed E-state index contributed by atoms with van der Waals surface area (Å²) < 4.78 is 0. The van der Waals surface area contributed by atoms with Crippen molar-refractivity contribution in [2.75, 3.05) is 23.7 Å². The molecule has 88 valence electrons. The molecule has 2 unspecified atom stereocenters. The second kappa shape index (κ2) is 4.73. The zero-order valence-corrected chi connectivity index (χ0v) is 10.2. The molecule has 1 fully saturated rings. The molecule has 1 saturated heterocycles. The molecule has 3 heteroatoms. The van der Waals surface area contributed by atoms with E-state index in [1.807, 2.05) is 12.3 Å². The summed E-state index contributed by atoms with van der Waals surface area (Å²) in [6.07, 6.45) is 6.17. The molecule has 1 aromatic rings. The molecule has 2 N–H and O–H groups in total. The summed E-state index contributed by atoms with van der Waals surface area (Å²) >= 11 is 0. The lowest BCUT2D eigenvalue weighted by Gasteiger charge is -2.38. The molecule has 2 rings (SSSR count). The van der Waals surface area contributed by atoms with Gasteiger partial charge in [-0.2, -0.15) is 0 Å². The molecular weight excluding hydrogens is 198 g/mol. The number of rotatable bonds is 2. The van der Waals surface area contributed by atoms with Gasteiger partial charge in [0.15, 0.2) is 0 Å². The fraction of sp³-hybridized carbons (Fsp3) is 0.615. The Bertz CT molecular complexity index is 351. The van der Waals surface area contributed by atoms with Gasteiger partial charge in [0.2, 0.25) is 0 Å². The minimum absolute atomic E-state index is 0.756. The van der Waals surface area contributed by atoms with Crippen LogP contribution in [0.25, 0.3) is 0 Å². The van der Waals surface area contributed by atoms with Crippen molar-refractivity contribution < 1.29 is 0 Å². The number of hydrogen-bond acceptors (Lipinski definition) is 3. The van der Waals surface area contributed by atoms with Gasteiger partial charge in [0.25, 0.3) is 0 Å². The highest BCUT2D eigenvalue weighted by atomic mass is 15.2. The van der Waals surface area contributed by atoms with Crippen molar-refractivity contribution >= 4 is 11.4 Å². The van der Waals surface area contributed by atoms with E-state index >= 15 is 0 Å². The smallest absolute Gasteiger partial charge is 0.0738 e. The minimum Gasteiger partial charge on any atom is -0.396 e. The van der Waals surface area contributed by atoms with E-state index in [0.717, 1.165) is 36.3 Å². The van der Waals surface area contributed by atoms with Crippen LogP contribution in [0, 0.1) is 11.8 Å². The van der Waals surface area contributed by atoms with Crippen LogP contribution in [0.2, 0.25) is 0 Å². The third-order valence-corrected chi connectivity index (χ3v) is 3.49. The van der Waals surface area contributed by atoms with Gasteiger partial charge in [0.05, 0.1) is 17.6 Å². The van der Waals surface area contributed by atoms with Gasteiger partial charge in [-0.25, -0.2) is 0 Å². The van der Waals surface area contributed by atoms with Crippen LogP contribution in [0.1, 0.15) is 26.7 Å². The Morgan fingerprint density at radius 1 is 1.50 bits per heavy atom. The van der Waals surface area contributed by atoms with Gasteiger partial charge < -0.3 is 10.6 Å². The normalized spacial score (nSPS) is 25.8. The standard InChI is InChI=1S/C13H21N3/c1-3-11-6-10(2)8-16(9-11)13-4-5-15-7-12(13)14/h4-5,7,10-11H,3,6,8-9,14H2,1-2H3. The van der Waals surface area contributed by atoms with E-state index in [0.29, 0.717) is 0 Å². The lowest BCUT2D eigenvalue weighted by Crippen LogP contribution is -2.39. The number of piperidine rings is 1. The largest absolute Gasteiger partial charge is 0.396 e. The lowest BCUT2D eigenvalue weighted by atomic mass is 9.88. The Hall–Kier alpha value is -1.25. The Kier molecular flexibility index (Phi) is 3.32. The van der Waals surface area contributed by atoms with Gasteiger partial charge in [-0.3, -0.25) is 4.98 Å². The number of anilines is 2. The van der Waals surface area contributed by atoms with E-state index in [4.69, 9.17) is 5.73 Å². The summed E-state index contributed by atoms with van der Waals surface area (Å²) in [6, 6.07) is 2.03. The summed E-state index contributed by atoms with van der Waals surface area (Å²) in [7, 11) is 0. The van der Waals surface area contributed by atoms with E-state index in [9.17, 15) is 0 Å². The quantitative estimate of drug-likeness (QED) is 0.831. The van der Waals surface area contributed by atoms with Crippen LogP contribution in [0.4, 0.5) is 11.4 Å². The molecule has 0 aliphatic carbocycles. The van der Waals surface area contributed by atoms with E-state index in [1.54, 1.807) is 6.20 Å². The summed E-state index contributed by atoms with van der Waals surface area (Å²) in [4.78, 5) is 6.46. The Morgan fingerprint density at radius 3 is 3.00 bits per heavy atom. The molecule has 2 atom stereocenters. The molecule has 1 aliphatic rings. The maximum Gasteiger partial charge on any atom is 0.0738 e. The first-order valence-corrected chi connectivity index (χ1v) is 6.15. The lowest BCUT2D eigenvalue weighted by molar-refractivity contribution is 0.329. The number of nitrogens with two attached hydrogens (primary N) is 1. The monoisotopic (exact) mass is 219 g/mol. The summed E-state index contributed by atoms with van der Waals surface area (Å²) in [5.41, 5.74) is 7.93. The predicted octanol–water partition coefficient (Wildman–Crippen LogP) is 2.54. The number of hydrogen-bond donors (Lipinski definition) is 1. The molecule has 2 heterocycles. The number of aromatic nitrogens is 1. The van der Waals surface area contributed by atoms with Gasteiger partial charge >= 0.3 is 0 Å². The van der Waals surface area contributed by atoms with Crippen LogP contribution in [0.5, 0.6) is 0 Å². The van der Waals surface area contributed by atoms with Gasteiger partial charge in [0, 0.05) is 19.3 Å². The first kappa shape index (κ1) is 11.2. The fourth-order valence-corrected chi connectivity index (χ4v) is 2.66. The van der Waals surface area contributed by atoms with E-state index in [-0.39, 0.29) is 0 Å². The molecule has 0 aromatic carbocycles. The first-order chi connectivity index (χ1) is 7.70. The maximum atomic E-state index is 5.98. The van der Waals surface area contributed by atoms with Crippen molar-refractivity contribution in [3.05, 3.63) is 18.5 Å². The Balaban J connectivity index is 2.17. The zero-order valence-electron chi connectivity index (χ0n) is 10.2. The van der Waals surface area contributed by atoms with E-state index < -0.39 is 0 Å². The fourth-order valence-electron chi connectivity index (χ4n) is 2.66. The molecule has 0 spiro atoms. The van der Waals surface area contributed by atoms with Crippen LogP contribution in [-0.4, -0.2) is 18.1 Å². The Morgan fingerprint density at radius 2 is 2.31 bits per heavy atom. The van der Waals surface area contributed by atoms with Crippen molar-refractivity contribution in [2.45, 2.75) is 26.7 Å². The molecule has 3 nitrogen and oxygen atoms in total. The average molecular weight is 219 g/mol.